The Labute approximate surface area is 863 Å². The number of phenols is 3. The molecule has 6 heterocycles. The van der Waals surface area contributed by atoms with Crippen molar-refractivity contribution in [2.45, 2.75) is 120 Å². The summed E-state index contributed by atoms with van der Waals surface area (Å²) in [4.78, 5) is 112. The first-order chi connectivity index (χ1) is 57.9. The number of phenolic OH excluding ortho intramolecular Hbond substituents is 3. The molecule has 8 N–H and O–H groups in total. The molecular weight excluding hydrogens is 1890 g/mol. The van der Waals surface area contributed by atoms with Crippen molar-refractivity contribution in [3.8, 4) is 23.0 Å². The van der Waals surface area contributed by atoms with Crippen LogP contribution in [0.1, 0.15) is 119 Å². The molecule has 2 aliphatic rings. The second-order valence-corrected chi connectivity index (χ2v) is 37.1. The molecule has 11 aromatic rings. The van der Waals surface area contributed by atoms with Gasteiger partial charge in [0.15, 0.2) is 12.6 Å². The molecule has 0 bridgehead atoms. The molecule has 125 heavy (non-hydrogen) atoms. The van der Waals surface area contributed by atoms with Gasteiger partial charge in [-0.3, -0.25) is 43.2 Å². The third-order valence-corrected chi connectivity index (χ3v) is 27.8. The van der Waals surface area contributed by atoms with Crippen LogP contribution in [-0.4, -0.2) is 111 Å². The molecule has 2 saturated heterocycles. The van der Waals surface area contributed by atoms with Gasteiger partial charge in [0, 0.05) is 69.7 Å². The number of ketones is 4. The number of nitrogens with one attached hydrogen (secondary N) is 3. The number of methoxy groups -OCH3 is 3. The molecule has 0 spiro atoms. The van der Waals surface area contributed by atoms with Crippen molar-refractivity contribution in [3.05, 3.63) is 297 Å². The number of halogens is 4. The van der Waals surface area contributed by atoms with E-state index in [1.54, 1.807) is 113 Å². The number of esters is 2. The Hall–Kier alpha value is -5.96. The van der Waals surface area contributed by atoms with Crippen LogP contribution in [0.25, 0.3) is 0 Å². The molecule has 13 rings (SSSR count). The van der Waals surface area contributed by atoms with Crippen LogP contribution in [0, 0.1) is 0 Å². The maximum Gasteiger partial charge on any atom is 1.00 e. The number of thioether (sulfide) groups is 1. The van der Waals surface area contributed by atoms with Gasteiger partial charge in [0.05, 0.1) is 62.5 Å². The smallest absolute Gasteiger partial charge is 1.00 e. The van der Waals surface area contributed by atoms with Gasteiger partial charge in [0.25, 0.3) is 6.47 Å². The van der Waals surface area contributed by atoms with Crippen LogP contribution in [0.5, 0.6) is 23.0 Å². The number of piperidine rings is 2. The molecule has 7 aromatic carbocycles. The number of Topliss-reactive ketones (excluding diaryl/α,β-unsaturated/α-hetero) is 4. The van der Waals surface area contributed by atoms with Crippen molar-refractivity contribution in [2.24, 2.45) is 5.73 Å². The molecule has 6 atom stereocenters. The number of amides is 2. The third kappa shape index (κ3) is 31.1. The number of ether oxygens (including phenoxy) is 4. The fourth-order valence-corrected chi connectivity index (χ4v) is 20.6. The third-order valence-electron chi connectivity index (χ3n) is 18.3. The molecule has 2 aliphatic heterocycles. The van der Waals surface area contributed by atoms with Crippen LogP contribution < -0.4 is 134 Å². The van der Waals surface area contributed by atoms with E-state index in [0.29, 0.717) is 37.9 Å². The van der Waals surface area contributed by atoms with Gasteiger partial charge in [-0.1, -0.05) is 173 Å². The first kappa shape index (κ1) is 111. The van der Waals surface area contributed by atoms with Gasteiger partial charge in [0.1, 0.15) is 69.5 Å². The quantitative estimate of drug-likeness (QED) is 0.00367. The fraction of sp³-hybridized carbons (Fsp3) is 0.239. The summed E-state index contributed by atoms with van der Waals surface area (Å²) in [5, 5.41) is 61.2. The Morgan fingerprint density at radius 3 is 1.44 bits per heavy atom. The number of carbonyl (C=O) groups excluding carboxylic acids is 9. The number of para-hydroxylation sites is 4. The molecule has 4 aromatic heterocycles. The number of benzene rings is 7. The predicted molar refractivity (Wildman–Crippen MR) is 490 cm³/mol. The summed E-state index contributed by atoms with van der Waals surface area (Å²) in [5.41, 5.74) is 7.28. The number of thiophene rings is 4. The van der Waals surface area contributed by atoms with Gasteiger partial charge in [-0.15, -0.1) is 24.2 Å². The van der Waals surface area contributed by atoms with Gasteiger partial charge in [0.2, 0.25) is 11.8 Å². The summed E-state index contributed by atoms with van der Waals surface area (Å²) in [6.07, 6.45) is -0.827. The molecule has 37 heteroatoms. The fourth-order valence-electron chi connectivity index (χ4n) is 12.6. The van der Waals surface area contributed by atoms with Crippen LogP contribution in [0.4, 0.5) is 0 Å². The molecular formula is C88H90Cl4K2N4O19S8. The predicted octanol–water partition coefficient (Wildman–Crippen LogP) is 11.9. The van der Waals surface area contributed by atoms with Crippen molar-refractivity contribution in [1.29, 1.82) is 0 Å². The van der Waals surface area contributed by atoms with Gasteiger partial charge in [-0.05, 0) is 171 Å². The number of hydrogen-bond acceptors (Lipinski definition) is 27. The van der Waals surface area contributed by atoms with E-state index in [-0.39, 0.29) is 229 Å². The zero-order valence-electron chi connectivity index (χ0n) is 69.2. The zero-order chi connectivity index (χ0) is 87.9. The normalized spacial score (nSPS) is 16.0. The van der Waals surface area contributed by atoms with Gasteiger partial charge in [-0.25, -0.2) is 8.93 Å². The van der Waals surface area contributed by atoms with Crippen LogP contribution in [-0.2, 0) is 95.4 Å². The van der Waals surface area contributed by atoms with E-state index in [0.717, 1.165) is 53.9 Å². The van der Waals surface area contributed by atoms with Crippen molar-refractivity contribution in [2.75, 3.05) is 28.1 Å². The van der Waals surface area contributed by atoms with Crippen LogP contribution >= 0.6 is 126 Å². The molecule has 23 nitrogen and oxygen atoms in total. The minimum absolute atomic E-state index is 0. The molecule has 2 amide bonds. The standard InChI is InChI=1S/C22H29NO6S2.C21H16ClNO3S2.C16H17NO4S.C15H13NO3S.C12H8Cl2S2.CH2O3.CH4.ClH.2K.H/c1-21(2,3)31(26)23-22(16-10-11-30-14-16,13-17(24)12-20(25)28-5)18-8-6-7-9-19(18)29-15-27-4;22-15-6-2-4-8-18(15)28-19-17(25)11-21(23-20(19)26,13-9-10-27-12-13)14-5-1-3-7-16(14)24;1-21-15(20)8-12(18)9-16(17,11-6-7-22-10-11)13-4-2-3-5-14(13)19;17-11-7-14(19)16-15(8-11,10-5-6-20-9-10)12-3-1-2-4-13(12)18;13-9-5-1-3-7-11(9)15-16-12-8-4-2-6-10(12)14;2-1-4-3;;;;;/h6-11,14,23H,12-13,15H2,1-5H3;1-10,12,19,24H,11H2,(H,23,26);2-7,10,19H,8-9,17H2,1H3;1-6,9,18H,7-8H2,(H,16,19);1-8H;1,3H;1H4;1H;;;/q;;;;;;;;2*+1;-1/p-1. The Morgan fingerprint density at radius 2 is 1.02 bits per heavy atom. The van der Waals surface area contributed by atoms with Crippen molar-refractivity contribution in [1.82, 2.24) is 15.4 Å². The van der Waals surface area contributed by atoms with Gasteiger partial charge >= 0.3 is 115 Å². The molecule has 0 aliphatic carbocycles. The Kier molecular flexibility index (Phi) is 48.7. The number of carbonyl (C=O) groups is 9. The van der Waals surface area contributed by atoms with E-state index in [4.69, 9.17) is 60.1 Å². The van der Waals surface area contributed by atoms with E-state index in [1.165, 1.54) is 72.7 Å². The Morgan fingerprint density at radius 1 is 0.592 bits per heavy atom. The first-order valence-electron chi connectivity index (χ1n) is 36.4. The minimum atomic E-state index is -1.54. The Bertz CT molecular complexity index is 5280. The summed E-state index contributed by atoms with van der Waals surface area (Å²) >= 11 is 25.3. The number of aromatic hydroxyl groups is 3. The molecule has 6 unspecified atom stereocenters. The largest absolute Gasteiger partial charge is 1.00 e. The molecule has 0 saturated carbocycles. The Balaban J connectivity index is 0.000000404. The van der Waals surface area contributed by atoms with Crippen LogP contribution in [0.15, 0.2) is 252 Å². The van der Waals surface area contributed by atoms with Crippen LogP contribution in [0.2, 0.25) is 15.1 Å². The number of hydrogen-bond donors (Lipinski definition) is 7. The first-order valence-corrected chi connectivity index (χ1v) is 45.5. The summed E-state index contributed by atoms with van der Waals surface area (Å²) in [7, 11) is 5.68. The second-order valence-electron chi connectivity index (χ2n) is 27.5. The summed E-state index contributed by atoms with van der Waals surface area (Å²) in [6, 6.07) is 57.6. The van der Waals surface area contributed by atoms with Crippen molar-refractivity contribution >= 4 is 190 Å². The molecule has 0 radical (unpaired) electrons. The summed E-state index contributed by atoms with van der Waals surface area (Å²) in [5.74, 6) is -2.32. The maximum absolute atomic E-state index is 13.3. The molecule has 2 fully saturated rings. The summed E-state index contributed by atoms with van der Waals surface area (Å²) < 4.78 is 35.9. The number of nitrogens with two attached hydrogens (primary N) is 1. The topological polar surface area (TPSA) is 363 Å². The SMILES string of the molecule is C.COC(=O)CC(=O)CC(N)(c1ccsc1)c1ccccc1O.COCOc1ccccc1C(CC(=O)CC(=O)OC)(NS(=O)C(C)(C)C)c1ccsc1.Cl.Clc1ccccc1SSc1ccccc1Cl.O=C1CC(=O)NC(c2ccsc2)(c2ccccc2O)C1.O=C1CC(c2ccsc2)(c2ccccc2O)NC(=O)C1Sc1ccccc1Cl.O=CO[O-].[H-].[K+].[K+]. The average molecular weight is 1980 g/mol. The monoisotopic (exact) mass is 1980 g/mol. The van der Waals surface area contributed by atoms with Gasteiger partial charge in [-0.2, -0.15) is 45.3 Å². The van der Waals surface area contributed by atoms with E-state index in [2.05, 4.69) is 29.7 Å². The van der Waals surface area contributed by atoms with E-state index in [9.17, 15) is 57.9 Å². The van der Waals surface area contributed by atoms with Crippen molar-refractivity contribution < 1.29 is 196 Å². The zero-order valence-corrected chi connectivity index (χ0v) is 84.0. The van der Waals surface area contributed by atoms with E-state index in [1.807, 2.05) is 161 Å². The van der Waals surface area contributed by atoms with Gasteiger partial charge < -0.3 is 62.2 Å². The van der Waals surface area contributed by atoms with Crippen molar-refractivity contribution in [3.63, 3.8) is 0 Å². The minimum Gasteiger partial charge on any atom is -1.00 e. The average Bonchev–Trinajstić information content (AvgIpc) is 1.20. The van der Waals surface area contributed by atoms with E-state index < -0.39 is 61.0 Å². The second kappa shape index (κ2) is 54.6. The van der Waals surface area contributed by atoms with E-state index >= 15 is 0 Å². The molecule has 654 valence electrons. The summed E-state index contributed by atoms with van der Waals surface area (Å²) in [6.45, 7) is 5.36. The maximum atomic E-state index is 13.3. The van der Waals surface area contributed by atoms with Crippen LogP contribution in [0.3, 0.4) is 0 Å². The number of rotatable bonds is 27.